The lowest BCUT2D eigenvalue weighted by Gasteiger charge is -2.12. The molecule has 0 aliphatic heterocycles. The fraction of sp³-hybridized carbons (Fsp3) is 0.375. The van der Waals surface area contributed by atoms with Crippen molar-refractivity contribution >= 4 is 44.3 Å². The maximum Gasteiger partial charge on any atom is 0.143 e. The molecule has 21 heavy (non-hydrogen) atoms. The average molecular weight is 458 g/mol. The number of aromatic nitrogens is 2. The fourth-order valence-electron chi connectivity index (χ4n) is 2.32. The third-order valence-electron chi connectivity index (χ3n) is 3.54. The summed E-state index contributed by atoms with van der Waals surface area (Å²) in [4.78, 5) is 9.55. The molecule has 0 atom stereocenters. The van der Waals surface area contributed by atoms with Crippen LogP contribution >= 0.6 is 38.5 Å². The Kier molecular flexibility index (Phi) is 4.78. The van der Waals surface area contributed by atoms with Crippen LogP contribution in [-0.4, -0.2) is 16.5 Å². The molecule has 1 aliphatic carbocycles. The molecule has 1 aromatic carbocycles. The molecular formula is C16H17BrIN3. The van der Waals surface area contributed by atoms with Gasteiger partial charge in [0.05, 0.1) is 9.26 Å². The highest BCUT2D eigenvalue weighted by molar-refractivity contribution is 14.1. The van der Waals surface area contributed by atoms with Gasteiger partial charge in [-0.05, 0) is 54.0 Å². The molecule has 1 fully saturated rings. The van der Waals surface area contributed by atoms with Crippen LogP contribution in [0.5, 0.6) is 0 Å². The Morgan fingerprint density at radius 3 is 2.71 bits per heavy atom. The maximum absolute atomic E-state index is 4.83. The molecule has 1 heterocycles. The number of anilines is 1. The molecule has 1 aromatic heterocycles. The van der Waals surface area contributed by atoms with Crippen LogP contribution in [0.2, 0.25) is 0 Å². The van der Waals surface area contributed by atoms with E-state index in [0.29, 0.717) is 5.92 Å². The summed E-state index contributed by atoms with van der Waals surface area (Å²) < 4.78 is 2.30. The highest BCUT2D eigenvalue weighted by Crippen LogP contribution is 2.42. The molecule has 2 aromatic rings. The highest BCUT2D eigenvalue weighted by atomic mass is 127. The first-order chi connectivity index (χ1) is 10.2. The number of hydrogen-bond acceptors (Lipinski definition) is 3. The van der Waals surface area contributed by atoms with Crippen molar-refractivity contribution in [2.24, 2.45) is 0 Å². The van der Waals surface area contributed by atoms with Crippen LogP contribution in [0.1, 0.15) is 42.8 Å². The Morgan fingerprint density at radius 2 is 2.05 bits per heavy atom. The summed E-state index contributed by atoms with van der Waals surface area (Å²) >= 11 is 5.98. The van der Waals surface area contributed by atoms with E-state index in [0.717, 1.165) is 29.1 Å². The Labute approximate surface area is 147 Å². The largest absolute Gasteiger partial charge is 0.369 e. The Bertz CT molecular complexity index is 656. The van der Waals surface area contributed by atoms with Crippen LogP contribution in [0.4, 0.5) is 5.82 Å². The summed E-state index contributed by atoms with van der Waals surface area (Å²) in [6, 6.07) is 8.27. The molecule has 0 bridgehead atoms. The van der Waals surface area contributed by atoms with Gasteiger partial charge < -0.3 is 5.32 Å². The van der Waals surface area contributed by atoms with Crippen molar-refractivity contribution in [2.75, 3.05) is 11.9 Å². The van der Waals surface area contributed by atoms with Gasteiger partial charge in [0.2, 0.25) is 0 Å². The first kappa shape index (κ1) is 15.2. The third kappa shape index (κ3) is 3.56. The van der Waals surface area contributed by atoms with Gasteiger partial charge in [-0.2, -0.15) is 0 Å². The molecular weight excluding hydrogens is 441 g/mol. The van der Waals surface area contributed by atoms with E-state index in [4.69, 9.17) is 9.97 Å². The number of rotatable bonds is 5. The number of hydrogen-bond donors (Lipinski definition) is 1. The first-order valence-corrected chi connectivity index (χ1v) is 9.09. The zero-order valence-corrected chi connectivity index (χ0v) is 15.6. The smallest absolute Gasteiger partial charge is 0.143 e. The monoisotopic (exact) mass is 457 g/mol. The molecule has 3 rings (SSSR count). The van der Waals surface area contributed by atoms with Crippen LogP contribution in [0, 0.1) is 3.57 Å². The Morgan fingerprint density at radius 1 is 1.29 bits per heavy atom. The van der Waals surface area contributed by atoms with Gasteiger partial charge in [-0.1, -0.05) is 34.1 Å². The van der Waals surface area contributed by atoms with E-state index >= 15 is 0 Å². The second-order valence-electron chi connectivity index (χ2n) is 5.26. The zero-order valence-electron chi connectivity index (χ0n) is 11.9. The molecule has 110 valence electrons. The first-order valence-electron chi connectivity index (χ1n) is 7.22. The van der Waals surface area contributed by atoms with E-state index in [1.807, 2.05) is 6.07 Å². The van der Waals surface area contributed by atoms with Gasteiger partial charge in [0.15, 0.2) is 0 Å². The minimum Gasteiger partial charge on any atom is -0.369 e. The molecule has 0 radical (unpaired) electrons. The van der Waals surface area contributed by atoms with E-state index in [1.54, 1.807) is 0 Å². The lowest BCUT2D eigenvalue weighted by atomic mass is 10.1. The van der Waals surface area contributed by atoms with Crippen molar-refractivity contribution in [1.29, 1.82) is 0 Å². The Balaban J connectivity index is 1.96. The summed E-state index contributed by atoms with van der Waals surface area (Å²) in [6.45, 7) is 2.98. The molecule has 1 N–H and O–H groups in total. The summed E-state index contributed by atoms with van der Waals surface area (Å²) in [6.07, 6.45) is 3.27. The van der Waals surface area contributed by atoms with E-state index in [1.165, 1.54) is 27.7 Å². The van der Waals surface area contributed by atoms with Gasteiger partial charge in [-0.15, -0.1) is 0 Å². The number of nitrogens with zero attached hydrogens (tertiary/aromatic N) is 2. The van der Waals surface area contributed by atoms with Crippen molar-refractivity contribution in [3.8, 4) is 0 Å². The topological polar surface area (TPSA) is 37.8 Å². The zero-order chi connectivity index (χ0) is 14.8. The Hall–Kier alpha value is -0.690. The van der Waals surface area contributed by atoms with Crippen LogP contribution in [0.25, 0.3) is 0 Å². The summed E-state index contributed by atoms with van der Waals surface area (Å²) in [5, 5.41) is 3.37. The molecule has 1 aliphatic rings. The van der Waals surface area contributed by atoms with Gasteiger partial charge in [-0.3, -0.25) is 0 Å². The van der Waals surface area contributed by atoms with Gasteiger partial charge in [-0.25, -0.2) is 9.97 Å². The van der Waals surface area contributed by atoms with Gasteiger partial charge >= 0.3 is 0 Å². The minimum atomic E-state index is 0.635. The van der Waals surface area contributed by atoms with E-state index in [9.17, 15) is 0 Å². The predicted molar refractivity (Wildman–Crippen MR) is 97.8 cm³/mol. The fourth-order valence-corrected chi connectivity index (χ4v) is 3.61. The average Bonchev–Trinajstić information content (AvgIpc) is 3.29. The number of halogens is 2. The lowest BCUT2D eigenvalue weighted by Crippen LogP contribution is -2.10. The van der Waals surface area contributed by atoms with Crippen molar-refractivity contribution in [2.45, 2.75) is 32.1 Å². The number of nitrogens with one attached hydrogen (secondary N) is 1. The molecule has 0 unspecified atom stereocenters. The second kappa shape index (κ2) is 6.60. The van der Waals surface area contributed by atoms with Crippen molar-refractivity contribution < 1.29 is 0 Å². The van der Waals surface area contributed by atoms with Crippen LogP contribution in [0.3, 0.4) is 0 Å². The van der Waals surface area contributed by atoms with Crippen LogP contribution < -0.4 is 5.32 Å². The second-order valence-corrected chi connectivity index (χ2v) is 7.19. The minimum absolute atomic E-state index is 0.635. The highest BCUT2D eigenvalue weighted by Gasteiger charge is 2.29. The van der Waals surface area contributed by atoms with E-state index < -0.39 is 0 Å². The quantitative estimate of drug-likeness (QED) is 0.658. The lowest BCUT2D eigenvalue weighted by molar-refractivity contribution is 0.885. The standard InChI is InChI=1S/C16H17BrIN3/c1-2-19-16-14(18)15(10-7-8-10)20-13(21-16)9-11-5-3-4-6-12(11)17/h3-6,10H,2,7-9H2,1H3,(H,19,20,21). The van der Waals surface area contributed by atoms with Gasteiger partial charge in [0, 0.05) is 23.4 Å². The molecule has 3 nitrogen and oxygen atoms in total. The molecule has 0 saturated heterocycles. The van der Waals surface area contributed by atoms with Crippen molar-refractivity contribution in [1.82, 2.24) is 9.97 Å². The normalized spacial score (nSPS) is 14.2. The predicted octanol–water partition coefficient (Wildman–Crippen LogP) is 4.74. The van der Waals surface area contributed by atoms with Crippen LogP contribution in [0.15, 0.2) is 28.7 Å². The van der Waals surface area contributed by atoms with Gasteiger partial charge in [0.1, 0.15) is 11.6 Å². The van der Waals surface area contributed by atoms with Crippen molar-refractivity contribution in [3.63, 3.8) is 0 Å². The third-order valence-corrected chi connectivity index (χ3v) is 5.37. The van der Waals surface area contributed by atoms with E-state index in [2.05, 4.69) is 69.0 Å². The molecule has 5 heteroatoms. The summed E-state index contributed by atoms with van der Waals surface area (Å²) in [5.74, 6) is 2.52. The van der Waals surface area contributed by atoms with Gasteiger partial charge in [0.25, 0.3) is 0 Å². The van der Waals surface area contributed by atoms with E-state index in [-0.39, 0.29) is 0 Å². The summed E-state index contributed by atoms with van der Waals surface area (Å²) in [5.41, 5.74) is 2.45. The summed E-state index contributed by atoms with van der Waals surface area (Å²) in [7, 11) is 0. The number of benzene rings is 1. The molecule has 0 spiro atoms. The molecule has 0 amide bonds. The maximum atomic E-state index is 4.83. The van der Waals surface area contributed by atoms with Crippen LogP contribution in [-0.2, 0) is 6.42 Å². The van der Waals surface area contributed by atoms with Crippen molar-refractivity contribution in [3.05, 3.63) is 49.4 Å². The molecule has 1 saturated carbocycles. The SMILES string of the molecule is CCNc1nc(Cc2ccccc2Br)nc(C2CC2)c1I.